The second-order valence-electron chi connectivity index (χ2n) is 7.98. The maximum Gasteiger partial charge on any atom is 0.266 e. The van der Waals surface area contributed by atoms with Crippen LogP contribution in [0.15, 0.2) is 81.8 Å². The molecule has 8 nitrogen and oxygen atoms in total. The Morgan fingerprint density at radius 1 is 1.03 bits per heavy atom. The number of nitrogens with one attached hydrogen (secondary N) is 1. The average molecular weight is 503 g/mol. The Hall–Kier alpha value is -4.11. The molecule has 184 valence electrons. The van der Waals surface area contributed by atoms with E-state index in [-0.39, 0.29) is 17.2 Å². The number of amides is 1. The van der Waals surface area contributed by atoms with Crippen LogP contribution in [0.4, 0.5) is 0 Å². The third-order valence-corrected chi connectivity index (χ3v) is 6.46. The molecule has 0 aliphatic rings. The van der Waals surface area contributed by atoms with Crippen molar-refractivity contribution in [3.63, 3.8) is 0 Å². The van der Waals surface area contributed by atoms with E-state index in [1.165, 1.54) is 16.3 Å². The zero-order chi connectivity index (χ0) is 25.7. The first-order chi connectivity index (χ1) is 17.4. The first-order valence-corrected chi connectivity index (χ1v) is 12.2. The molecular weight excluding hydrogens is 476 g/mol. The van der Waals surface area contributed by atoms with Gasteiger partial charge in [0.15, 0.2) is 16.7 Å². The average Bonchev–Trinajstić information content (AvgIpc) is 2.91. The molecule has 0 unspecified atom stereocenters. The molecule has 36 heavy (non-hydrogen) atoms. The lowest BCUT2D eigenvalue weighted by atomic mass is 10.1. The number of methoxy groups -OCH3 is 2. The number of rotatable bonds is 8. The number of hydrogen-bond acceptors (Lipinski definition) is 7. The van der Waals surface area contributed by atoms with Gasteiger partial charge in [-0.25, -0.2) is 10.4 Å². The van der Waals surface area contributed by atoms with Crippen LogP contribution in [-0.4, -0.2) is 41.1 Å². The number of benzene rings is 3. The fourth-order valence-electron chi connectivity index (χ4n) is 3.57. The van der Waals surface area contributed by atoms with Crippen molar-refractivity contribution in [1.29, 1.82) is 0 Å². The van der Waals surface area contributed by atoms with Gasteiger partial charge < -0.3 is 9.47 Å². The molecule has 1 aromatic heterocycles. The molecule has 4 rings (SSSR count). The van der Waals surface area contributed by atoms with Crippen LogP contribution >= 0.6 is 11.8 Å². The normalized spacial score (nSPS) is 11.4. The highest BCUT2D eigenvalue weighted by molar-refractivity contribution is 7.99. The molecule has 0 fully saturated rings. The zero-order valence-corrected chi connectivity index (χ0v) is 21.3. The van der Waals surface area contributed by atoms with Gasteiger partial charge in [-0.05, 0) is 56.3 Å². The second kappa shape index (κ2) is 11.1. The lowest BCUT2D eigenvalue weighted by molar-refractivity contribution is -0.118. The summed E-state index contributed by atoms with van der Waals surface area (Å²) in [5.41, 5.74) is 6.13. The summed E-state index contributed by atoms with van der Waals surface area (Å²) < 4.78 is 12.1. The highest BCUT2D eigenvalue weighted by Crippen LogP contribution is 2.27. The lowest BCUT2D eigenvalue weighted by Gasteiger charge is -2.13. The summed E-state index contributed by atoms with van der Waals surface area (Å²) in [7, 11) is 3.13. The van der Waals surface area contributed by atoms with Crippen molar-refractivity contribution in [2.24, 2.45) is 5.10 Å². The van der Waals surface area contributed by atoms with Gasteiger partial charge >= 0.3 is 0 Å². The minimum absolute atomic E-state index is 0.0271. The van der Waals surface area contributed by atoms with Crippen LogP contribution in [-0.2, 0) is 4.79 Å². The van der Waals surface area contributed by atoms with Gasteiger partial charge in [0, 0.05) is 5.56 Å². The molecule has 0 aliphatic carbocycles. The van der Waals surface area contributed by atoms with E-state index in [2.05, 4.69) is 15.5 Å². The molecule has 0 aliphatic heterocycles. The molecule has 0 radical (unpaired) electrons. The molecule has 0 saturated heterocycles. The van der Waals surface area contributed by atoms with Crippen molar-refractivity contribution in [1.82, 2.24) is 15.0 Å². The largest absolute Gasteiger partial charge is 0.493 e. The van der Waals surface area contributed by atoms with Crippen LogP contribution in [0, 0.1) is 6.92 Å². The summed E-state index contributed by atoms with van der Waals surface area (Å²) in [6.45, 7) is 3.77. The van der Waals surface area contributed by atoms with Crippen LogP contribution in [0.3, 0.4) is 0 Å². The van der Waals surface area contributed by atoms with Gasteiger partial charge in [-0.3, -0.25) is 14.2 Å². The second-order valence-corrected chi connectivity index (χ2v) is 8.92. The molecule has 0 spiro atoms. The Labute approximate surface area is 213 Å². The lowest BCUT2D eigenvalue weighted by Crippen LogP contribution is -2.24. The van der Waals surface area contributed by atoms with Gasteiger partial charge in [-0.15, -0.1) is 0 Å². The molecule has 3 aromatic carbocycles. The number of ether oxygens (including phenoxy) is 2. The number of thioether (sulfide) groups is 1. The van der Waals surface area contributed by atoms with E-state index in [1.807, 2.05) is 49.4 Å². The van der Waals surface area contributed by atoms with Gasteiger partial charge in [0.2, 0.25) is 0 Å². The first kappa shape index (κ1) is 25.0. The molecule has 1 N–H and O–H groups in total. The zero-order valence-electron chi connectivity index (χ0n) is 20.4. The molecule has 9 heteroatoms. The SMILES string of the molecule is COc1ccc(/C(C)=N\NC(=O)CSc2nc3ccccc3c(=O)n2-c2ccc(C)cc2)cc1OC. The molecule has 0 atom stereocenters. The van der Waals surface area contributed by atoms with Crippen molar-refractivity contribution < 1.29 is 14.3 Å². The fraction of sp³-hybridized carbons (Fsp3) is 0.185. The Morgan fingerprint density at radius 2 is 1.75 bits per heavy atom. The molecule has 1 amide bonds. The van der Waals surface area contributed by atoms with Gasteiger partial charge in [-0.1, -0.05) is 41.6 Å². The predicted molar refractivity (Wildman–Crippen MR) is 143 cm³/mol. The van der Waals surface area contributed by atoms with Crippen molar-refractivity contribution in [3.05, 3.63) is 88.2 Å². The van der Waals surface area contributed by atoms with Crippen molar-refractivity contribution in [2.45, 2.75) is 19.0 Å². The summed E-state index contributed by atoms with van der Waals surface area (Å²) in [4.78, 5) is 30.6. The standard InChI is InChI=1S/C27H26N4O4S/c1-17-9-12-20(13-10-17)31-26(33)21-7-5-6-8-22(21)28-27(31)36-16-25(32)30-29-18(2)19-11-14-23(34-3)24(15-19)35-4/h5-15H,16H2,1-4H3,(H,30,32)/b29-18-. The van der Waals surface area contributed by atoms with E-state index in [1.54, 1.807) is 45.4 Å². The maximum atomic E-state index is 13.3. The minimum atomic E-state index is -0.322. The number of aryl methyl sites for hydroxylation is 1. The summed E-state index contributed by atoms with van der Waals surface area (Å²) in [6, 6.07) is 20.2. The highest BCUT2D eigenvalue weighted by Gasteiger charge is 2.15. The van der Waals surface area contributed by atoms with E-state index in [0.717, 1.165) is 11.1 Å². The third-order valence-electron chi connectivity index (χ3n) is 5.52. The van der Waals surface area contributed by atoms with E-state index in [4.69, 9.17) is 9.47 Å². The first-order valence-electron chi connectivity index (χ1n) is 11.2. The van der Waals surface area contributed by atoms with Gasteiger partial charge in [-0.2, -0.15) is 5.10 Å². The summed E-state index contributed by atoms with van der Waals surface area (Å²) in [6.07, 6.45) is 0. The van der Waals surface area contributed by atoms with Gasteiger partial charge in [0.1, 0.15) is 0 Å². The maximum absolute atomic E-state index is 13.3. The summed E-state index contributed by atoms with van der Waals surface area (Å²) in [5, 5.41) is 5.16. The number of carbonyl (C=O) groups is 1. The van der Waals surface area contributed by atoms with E-state index in [9.17, 15) is 9.59 Å². The Bertz CT molecular complexity index is 1500. The Kier molecular flexibility index (Phi) is 7.70. The number of carbonyl (C=O) groups excluding carboxylic acids is 1. The van der Waals surface area contributed by atoms with Gasteiger partial charge in [0.05, 0.1) is 42.3 Å². The van der Waals surface area contributed by atoms with E-state index < -0.39 is 0 Å². The van der Waals surface area contributed by atoms with E-state index in [0.29, 0.717) is 39.0 Å². The topological polar surface area (TPSA) is 94.8 Å². The Morgan fingerprint density at radius 3 is 2.47 bits per heavy atom. The number of nitrogens with zero attached hydrogens (tertiary/aromatic N) is 3. The number of hydrazone groups is 1. The molecule has 0 saturated carbocycles. The highest BCUT2D eigenvalue weighted by atomic mass is 32.2. The number of para-hydroxylation sites is 1. The number of fused-ring (bicyclic) bond motifs is 1. The molecule has 4 aromatic rings. The quantitative estimate of drug-likeness (QED) is 0.167. The van der Waals surface area contributed by atoms with E-state index >= 15 is 0 Å². The monoisotopic (exact) mass is 502 g/mol. The number of hydrogen-bond donors (Lipinski definition) is 1. The molecular formula is C27H26N4O4S. The number of aromatic nitrogens is 2. The van der Waals surface area contributed by atoms with Crippen LogP contribution in [0.5, 0.6) is 11.5 Å². The predicted octanol–water partition coefficient (Wildman–Crippen LogP) is 4.34. The van der Waals surface area contributed by atoms with Crippen molar-refractivity contribution in [2.75, 3.05) is 20.0 Å². The Balaban J connectivity index is 1.55. The summed E-state index contributed by atoms with van der Waals surface area (Å²) >= 11 is 1.18. The third kappa shape index (κ3) is 5.41. The van der Waals surface area contributed by atoms with Gasteiger partial charge in [0.25, 0.3) is 11.5 Å². The molecule has 0 bridgehead atoms. The van der Waals surface area contributed by atoms with Crippen LogP contribution in [0.25, 0.3) is 16.6 Å². The van der Waals surface area contributed by atoms with Crippen LogP contribution in [0.1, 0.15) is 18.1 Å². The minimum Gasteiger partial charge on any atom is -0.493 e. The fourth-order valence-corrected chi connectivity index (χ4v) is 4.37. The van der Waals surface area contributed by atoms with Crippen molar-refractivity contribution >= 4 is 34.3 Å². The van der Waals surface area contributed by atoms with Crippen LogP contribution in [0.2, 0.25) is 0 Å². The van der Waals surface area contributed by atoms with Crippen molar-refractivity contribution in [3.8, 4) is 17.2 Å². The van der Waals surface area contributed by atoms with Crippen LogP contribution < -0.4 is 20.5 Å². The molecule has 1 heterocycles. The smallest absolute Gasteiger partial charge is 0.266 e. The summed E-state index contributed by atoms with van der Waals surface area (Å²) in [5.74, 6) is 0.886.